The van der Waals surface area contributed by atoms with Gasteiger partial charge in [0.25, 0.3) is 0 Å². The molecule has 0 aliphatic heterocycles. The van der Waals surface area contributed by atoms with Crippen LogP contribution in [-0.4, -0.2) is 28.0 Å². The zero-order valence-corrected chi connectivity index (χ0v) is 23.7. The van der Waals surface area contributed by atoms with Crippen LogP contribution in [0.4, 0.5) is 13.2 Å². The van der Waals surface area contributed by atoms with Gasteiger partial charge in [0.1, 0.15) is 33.3 Å². The maximum absolute atomic E-state index is 14.6. The smallest absolute Gasteiger partial charge is 0.387 e. The van der Waals surface area contributed by atoms with Crippen LogP contribution in [0, 0.1) is 17.7 Å². The fourth-order valence-corrected chi connectivity index (χ4v) is 8.37. The second-order valence-corrected chi connectivity index (χ2v) is 12.9. The summed E-state index contributed by atoms with van der Waals surface area (Å²) in [5, 5.41) is 16.8. The molecule has 4 atom stereocenters. The lowest BCUT2D eigenvalue weighted by atomic mass is 9.73. The van der Waals surface area contributed by atoms with Gasteiger partial charge in [-0.05, 0) is 74.6 Å². The van der Waals surface area contributed by atoms with Crippen molar-refractivity contribution in [2.75, 3.05) is 0 Å². The highest BCUT2D eigenvalue weighted by Gasteiger charge is 2.56. The molecule has 3 saturated carbocycles. The summed E-state index contributed by atoms with van der Waals surface area (Å²) in [7, 11) is 0. The Kier molecular flexibility index (Phi) is 6.68. The van der Waals surface area contributed by atoms with Gasteiger partial charge < -0.3 is 19.1 Å². The van der Waals surface area contributed by atoms with Crippen molar-refractivity contribution in [3.05, 3.63) is 63.0 Å². The van der Waals surface area contributed by atoms with Crippen molar-refractivity contribution in [3.8, 4) is 17.0 Å². The first kappa shape index (κ1) is 26.4. The average Bonchev–Trinajstić information content (AvgIpc) is 3.49. The number of hydrogen-bond donors (Lipinski definition) is 1. The molecular formula is C29H26BrF3N2O4S. The van der Waals surface area contributed by atoms with E-state index in [1.54, 1.807) is 18.2 Å². The van der Waals surface area contributed by atoms with Crippen LogP contribution in [0.25, 0.3) is 21.5 Å². The minimum atomic E-state index is -2.96. The van der Waals surface area contributed by atoms with E-state index in [0.717, 1.165) is 37.0 Å². The molecule has 2 heterocycles. The summed E-state index contributed by atoms with van der Waals surface area (Å²) in [4.78, 5) is 4.56. The Balaban J connectivity index is 1.13. The number of hydrogen-bond acceptors (Lipinski definition) is 7. The largest absolute Gasteiger partial charge is 0.434 e. The molecule has 1 N–H and O–H groups in total. The Morgan fingerprint density at radius 2 is 1.88 bits per heavy atom. The molecule has 0 saturated heterocycles. The lowest BCUT2D eigenvalue weighted by molar-refractivity contribution is -0.116. The SMILES string of the molecule is O[C@@]1(c2nc3c(F)cc(Br)cc3s2)[C@@H]2CC[C@H]1C[C@H](OCc1c(-c3ccccc3OC(F)F)noc1C1CC1)C2. The quantitative estimate of drug-likeness (QED) is 0.212. The van der Waals surface area contributed by atoms with Crippen LogP contribution in [0.3, 0.4) is 0 Å². The maximum Gasteiger partial charge on any atom is 0.387 e. The van der Waals surface area contributed by atoms with E-state index in [4.69, 9.17) is 14.0 Å². The first-order valence-electron chi connectivity index (χ1n) is 13.4. The van der Waals surface area contributed by atoms with E-state index in [1.165, 1.54) is 23.5 Å². The third-order valence-corrected chi connectivity index (χ3v) is 10.1. The molecule has 4 aromatic rings. The van der Waals surface area contributed by atoms with Gasteiger partial charge in [-0.25, -0.2) is 9.37 Å². The second kappa shape index (κ2) is 10.1. The highest BCUT2D eigenvalue weighted by molar-refractivity contribution is 9.10. The number of para-hydroxylation sites is 1. The number of aromatic nitrogens is 2. The number of ether oxygens (including phenoxy) is 2. The highest BCUT2D eigenvalue weighted by atomic mass is 79.9. The van der Waals surface area contributed by atoms with Crippen LogP contribution in [-0.2, 0) is 16.9 Å². The number of nitrogens with zero attached hydrogens (tertiary/aromatic N) is 2. The Bertz CT molecular complexity index is 1560. The van der Waals surface area contributed by atoms with E-state index in [9.17, 15) is 18.3 Å². The van der Waals surface area contributed by atoms with Crippen LogP contribution in [0.5, 0.6) is 5.75 Å². The molecule has 0 radical (unpaired) electrons. The number of benzene rings is 2. The summed E-state index contributed by atoms with van der Waals surface area (Å²) < 4.78 is 59.0. The van der Waals surface area contributed by atoms with Crippen molar-refractivity contribution in [1.29, 1.82) is 0 Å². The zero-order valence-electron chi connectivity index (χ0n) is 21.3. The first-order chi connectivity index (χ1) is 19.3. The molecule has 2 aromatic carbocycles. The Morgan fingerprint density at radius 1 is 1.12 bits per heavy atom. The molecule has 40 heavy (non-hydrogen) atoms. The Labute approximate surface area is 240 Å². The minimum Gasteiger partial charge on any atom is -0.434 e. The molecule has 0 spiro atoms. The lowest BCUT2D eigenvalue weighted by Crippen LogP contribution is -2.44. The first-order valence-corrected chi connectivity index (χ1v) is 15.0. The van der Waals surface area contributed by atoms with Crippen molar-refractivity contribution in [2.45, 2.75) is 69.4 Å². The molecule has 3 fully saturated rings. The second-order valence-electron chi connectivity index (χ2n) is 11.0. The molecule has 2 aromatic heterocycles. The number of aliphatic hydroxyl groups is 1. The molecule has 7 rings (SSSR count). The molecule has 0 amide bonds. The molecule has 0 unspecified atom stereocenters. The fourth-order valence-electron chi connectivity index (χ4n) is 6.52. The molecule has 210 valence electrons. The van der Waals surface area contributed by atoms with Gasteiger partial charge in [0.05, 0.1) is 17.4 Å². The summed E-state index contributed by atoms with van der Waals surface area (Å²) in [6.45, 7) is -2.74. The average molecular weight is 636 g/mol. The highest BCUT2D eigenvalue weighted by Crippen LogP contribution is 2.57. The zero-order chi connectivity index (χ0) is 27.6. The number of thiazole rings is 1. The summed E-state index contributed by atoms with van der Waals surface area (Å²) in [5.41, 5.74) is 0.822. The van der Waals surface area contributed by atoms with Crippen molar-refractivity contribution in [3.63, 3.8) is 0 Å². The summed E-state index contributed by atoms with van der Waals surface area (Å²) in [6, 6.07) is 9.78. The third-order valence-electron chi connectivity index (χ3n) is 8.55. The third kappa shape index (κ3) is 4.55. The number of alkyl halides is 2. The topological polar surface area (TPSA) is 77.6 Å². The molecular weight excluding hydrogens is 609 g/mol. The van der Waals surface area contributed by atoms with Crippen molar-refractivity contribution < 1.29 is 32.3 Å². The van der Waals surface area contributed by atoms with Crippen molar-refractivity contribution in [1.82, 2.24) is 10.1 Å². The van der Waals surface area contributed by atoms with Gasteiger partial charge in [-0.15, -0.1) is 11.3 Å². The molecule has 3 aliphatic rings. The van der Waals surface area contributed by atoms with Crippen LogP contribution in [0.15, 0.2) is 45.4 Å². The van der Waals surface area contributed by atoms with E-state index >= 15 is 0 Å². The van der Waals surface area contributed by atoms with Crippen molar-refractivity contribution >= 4 is 37.5 Å². The minimum absolute atomic E-state index is 0.0365. The molecule has 6 nitrogen and oxygen atoms in total. The van der Waals surface area contributed by atoms with Gasteiger partial charge in [0, 0.05) is 21.5 Å². The standard InChI is InChI=1S/C29H26BrF3N2O4S/c30-17-11-21(31)25-23(12-17)40-27(34-25)29(36)15-7-8-16(29)10-18(9-15)37-13-20-24(35-39-26(20)14-5-6-14)19-3-1-2-4-22(19)38-28(32)33/h1-4,11-12,14-16,18,28,36H,5-10,13H2/t15-,16+,18-,29+. The van der Waals surface area contributed by atoms with Gasteiger partial charge in [0.15, 0.2) is 5.82 Å². The van der Waals surface area contributed by atoms with Gasteiger partial charge >= 0.3 is 6.61 Å². The monoisotopic (exact) mass is 634 g/mol. The van der Waals surface area contributed by atoms with Gasteiger partial charge in [-0.3, -0.25) is 0 Å². The predicted molar refractivity (Wildman–Crippen MR) is 146 cm³/mol. The van der Waals surface area contributed by atoms with E-state index < -0.39 is 18.0 Å². The van der Waals surface area contributed by atoms with E-state index in [-0.39, 0.29) is 41.7 Å². The molecule has 3 aliphatic carbocycles. The summed E-state index contributed by atoms with van der Waals surface area (Å²) in [6.07, 6.45) is 4.81. The van der Waals surface area contributed by atoms with E-state index in [0.29, 0.717) is 38.3 Å². The van der Waals surface area contributed by atoms with E-state index in [2.05, 4.69) is 26.1 Å². The van der Waals surface area contributed by atoms with Crippen LogP contribution < -0.4 is 4.74 Å². The van der Waals surface area contributed by atoms with Gasteiger partial charge in [0.2, 0.25) is 0 Å². The predicted octanol–water partition coefficient (Wildman–Crippen LogP) is 7.92. The molecule has 2 bridgehead atoms. The number of rotatable bonds is 8. The van der Waals surface area contributed by atoms with Crippen molar-refractivity contribution in [2.24, 2.45) is 11.8 Å². The lowest BCUT2D eigenvalue weighted by Gasteiger charge is -2.41. The number of fused-ring (bicyclic) bond motifs is 3. The maximum atomic E-state index is 14.6. The summed E-state index contributed by atoms with van der Waals surface area (Å²) >= 11 is 4.69. The van der Waals surface area contributed by atoms with Crippen LogP contribution in [0.2, 0.25) is 0 Å². The molecule has 11 heteroatoms. The normalized spacial score (nSPS) is 26.2. The van der Waals surface area contributed by atoms with Crippen LogP contribution >= 0.6 is 27.3 Å². The Morgan fingerprint density at radius 3 is 2.60 bits per heavy atom. The van der Waals surface area contributed by atoms with Crippen LogP contribution in [0.1, 0.15) is 60.8 Å². The van der Waals surface area contributed by atoms with E-state index in [1.807, 2.05) is 6.07 Å². The fraction of sp³-hybridized carbons (Fsp3) is 0.448. The Hall–Kier alpha value is -2.47. The van der Waals surface area contributed by atoms with Gasteiger partial charge in [-0.1, -0.05) is 33.2 Å². The summed E-state index contributed by atoms with van der Waals surface area (Å²) in [5.74, 6) is 0.488. The number of halogens is 4. The van der Waals surface area contributed by atoms with Gasteiger partial charge in [-0.2, -0.15) is 8.78 Å².